The van der Waals surface area contributed by atoms with Gasteiger partial charge in [0.05, 0.1) is 12.6 Å². The third-order valence-electron chi connectivity index (χ3n) is 6.91. The van der Waals surface area contributed by atoms with E-state index in [1.807, 2.05) is 20.8 Å². The normalized spacial score (nSPS) is 23.3. The van der Waals surface area contributed by atoms with Crippen molar-refractivity contribution in [2.75, 3.05) is 19.7 Å². The van der Waals surface area contributed by atoms with Crippen LogP contribution in [0.15, 0.2) is 34.9 Å². The van der Waals surface area contributed by atoms with Gasteiger partial charge in [-0.25, -0.2) is 8.42 Å². The zero-order valence-electron chi connectivity index (χ0n) is 22.0. The van der Waals surface area contributed by atoms with Gasteiger partial charge in [-0.2, -0.15) is 4.31 Å². The summed E-state index contributed by atoms with van der Waals surface area (Å²) in [4.78, 5) is 29.0. The van der Waals surface area contributed by atoms with Crippen molar-refractivity contribution < 1.29 is 22.7 Å². The lowest BCUT2D eigenvalue weighted by Gasteiger charge is -2.38. The highest BCUT2D eigenvalue weighted by molar-refractivity contribution is 7.94. The monoisotopic (exact) mass is 504 g/mol. The molecule has 0 spiro atoms. The summed E-state index contributed by atoms with van der Waals surface area (Å²) in [6.07, 6.45) is 3.27. The lowest BCUT2D eigenvalue weighted by Crippen LogP contribution is -2.52. The van der Waals surface area contributed by atoms with Gasteiger partial charge in [-0.05, 0) is 44.9 Å². The molecule has 194 valence electrons. The van der Waals surface area contributed by atoms with E-state index in [2.05, 4.69) is 13.8 Å². The van der Waals surface area contributed by atoms with Crippen molar-refractivity contribution in [2.45, 2.75) is 85.4 Å². The number of carbonyl (C=O) groups is 2. The van der Waals surface area contributed by atoms with E-state index >= 15 is 0 Å². The zero-order chi connectivity index (χ0) is 26.0. The number of hydrogen-bond donors (Lipinski definition) is 0. The summed E-state index contributed by atoms with van der Waals surface area (Å²) < 4.78 is 36.5. The first-order chi connectivity index (χ1) is 16.5. The molecule has 35 heavy (non-hydrogen) atoms. The summed E-state index contributed by atoms with van der Waals surface area (Å²) >= 11 is 0. The van der Waals surface area contributed by atoms with Gasteiger partial charge >= 0.3 is 0 Å². The van der Waals surface area contributed by atoms with Crippen LogP contribution in [0.5, 0.6) is 0 Å². The van der Waals surface area contributed by atoms with Crippen LogP contribution < -0.4 is 0 Å². The average molecular weight is 505 g/mol. The Bertz CT molecular complexity index is 1090. The van der Waals surface area contributed by atoms with Crippen LogP contribution in [0, 0.1) is 5.92 Å². The van der Waals surface area contributed by atoms with Crippen LogP contribution in [-0.4, -0.2) is 60.7 Å². The quantitative estimate of drug-likeness (QED) is 0.422. The molecule has 1 saturated heterocycles. The molecule has 1 aliphatic heterocycles. The summed E-state index contributed by atoms with van der Waals surface area (Å²) in [5.41, 5.74) is -0.672. The molecule has 2 unspecified atom stereocenters. The molecule has 8 heteroatoms. The van der Waals surface area contributed by atoms with Crippen molar-refractivity contribution in [3.8, 4) is 0 Å². The van der Waals surface area contributed by atoms with Gasteiger partial charge in [0.1, 0.15) is 11.4 Å². The minimum Gasteiger partial charge on any atom is -0.367 e. The van der Waals surface area contributed by atoms with Gasteiger partial charge in [0.15, 0.2) is 4.91 Å². The van der Waals surface area contributed by atoms with Crippen molar-refractivity contribution in [1.82, 2.24) is 9.21 Å². The van der Waals surface area contributed by atoms with E-state index in [0.29, 0.717) is 31.8 Å². The van der Waals surface area contributed by atoms with Crippen LogP contribution in [0.1, 0.15) is 94.4 Å². The Morgan fingerprint density at radius 1 is 1.06 bits per heavy atom. The Balaban J connectivity index is 2.26. The van der Waals surface area contributed by atoms with E-state index in [-0.39, 0.29) is 23.4 Å². The Kier molecular flexibility index (Phi) is 8.60. The Labute approximate surface area is 210 Å². The molecule has 0 N–H and O–H groups in total. The molecule has 2 aliphatic rings. The van der Waals surface area contributed by atoms with Crippen LogP contribution in [-0.2, 0) is 14.8 Å². The number of nitrogens with zero attached hydrogens (tertiary/aromatic N) is 2. The number of sulfonamides is 1. The van der Waals surface area contributed by atoms with Crippen molar-refractivity contribution in [1.29, 1.82) is 0 Å². The van der Waals surface area contributed by atoms with Gasteiger partial charge in [-0.15, -0.1) is 0 Å². The fourth-order valence-electron chi connectivity index (χ4n) is 5.11. The number of ether oxygens (including phenoxy) is 1. The lowest BCUT2D eigenvalue weighted by atomic mass is 9.91. The molecule has 0 amide bonds. The first-order valence-electron chi connectivity index (χ1n) is 12.9. The molecular formula is C27H40N2O5S. The second kappa shape index (κ2) is 10.9. The summed E-state index contributed by atoms with van der Waals surface area (Å²) in [6, 6.07) is 6.11. The largest absolute Gasteiger partial charge is 0.367 e. The van der Waals surface area contributed by atoms with E-state index in [9.17, 15) is 18.0 Å². The molecule has 1 fully saturated rings. The molecule has 0 bridgehead atoms. The van der Waals surface area contributed by atoms with Gasteiger partial charge in [-0.1, -0.05) is 58.9 Å². The SMILES string of the molecule is CCCN(CCC)C1=C(S(=O)(=O)N2C(CC)COC2(C)CCC(C)C)C(=O)c2ccccc2C1=O. The molecule has 0 saturated carbocycles. The topological polar surface area (TPSA) is 84.0 Å². The van der Waals surface area contributed by atoms with Gasteiger partial charge in [0, 0.05) is 24.2 Å². The van der Waals surface area contributed by atoms with E-state index in [1.165, 1.54) is 4.31 Å². The van der Waals surface area contributed by atoms with Gasteiger partial charge < -0.3 is 9.64 Å². The molecule has 0 aromatic heterocycles. The average Bonchev–Trinajstić information content (AvgIpc) is 3.17. The Morgan fingerprint density at radius 3 is 2.14 bits per heavy atom. The van der Waals surface area contributed by atoms with Gasteiger partial charge in [0.25, 0.3) is 10.0 Å². The number of allylic oxidation sites excluding steroid dienone is 2. The third kappa shape index (κ3) is 5.11. The molecule has 1 aromatic rings. The van der Waals surface area contributed by atoms with Crippen molar-refractivity contribution >= 4 is 21.6 Å². The fourth-order valence-corrected chi connectivity index (χ4v) is 7.37. The van der Waals surface area contributed by atoms with Crippen molar-refractivity contribution in [3.05, 3.63) is 46.0 Å². The van der Waals surface area contributed by atoms with Crippen molar-refractivity contribution in [3.63, 3.8) is 0 Å². The number of ketones is 2. The predicted octanol–water partition coefficient (Wildman–Crippen LogP) is 4.99. The lowest BCUT2D eigenvalue weighted by molar-refractivity contribution is -0.0430. The van der Waals surface area contributed by atoms with Crippen LogP contribution in [0.3, 0.4) is 0 Å². The maximum absolute atomic E-state index is 14.5. The van der Waals surface area contributed by atoms with Crippen LogP contribution in [0.25, 0.3) is 0 Å². The standard InChI is InChI=1S/C27H40N2O5S/c1-7-16-28(17-8-2)23-24(30)21-12-10-11-13-22(21)25(31)26(23)35(32,33)29-20(9-3)18-34-27(29,6)15-14-19(4)5/h10-13,19-20H,7-9,14-18H2,1-6H3. The Hall–Kier alpha value is -2.03. The molecule has 2 atom stereocenters. The second-order valence-electron chi connectivity index (χ2n) is 10.2. The van der Waals surface area contributed by atoms with Crippen LogP contribution in [0.4, 0.5) is 0 Å². The van der Waals surface area contributed by atoms with E-state index in [0.717, 1.165) is 19.3 Å². The van der Waals surface area contributed by atoms with Crippen molar-refractivity contribution in [2.24, 2.45) is 5.92 Å². The summed E-state index contributed by atoms with van der Waals surface area (Å²) in [7, 11) is -4.36. The molecule has 0 radical (unpaired) electrons. The number of benzene rings is 1. The molecular weight excluding hydrogens is 464 g/mol. The zero-order valence-corrected chi connectivity index (χ0v) is 22.8. The smallest absolute Gasteiger partial charge is 0.251 e. The number of hydrogen-bond acceptors (Lipinski definition) is 6. The second-order valence-corrected chi connectivity index (χ2v) is 11.9. The van der Waals surface area contributed by atoms with Crippen LogP contribution >= 0.6 is 0 Å². The number of rotatable bonds is 11. The molecule has 1 aromatic carbocycles. The highest BCUT2D eigenvalue weighted by Crippen LogP contribution is 2.42. The van der Waals surface area contributed by atoms with Gasteiger partial charge in [0.2, 0.25) is 11.6 Å². The summed E-state index contributed by atoms with van der Waals surface area (Å²) in [5.74, 6) is -0.650. The van der Waals surface area contributed by atoms with Gasteiger partial charge in [-0.3, -0.25) is 9.59 Å². The summed E-state index contributed by atoms with van der Waals surface area (Å²) in [5, 5.41) is 0. The molecule has 1 heterocycles. The predicted molar refractivity (Wildman–Crippen MR) is 138 cm³/mol. The maximum atomic E-state index is 14.5. The number of Topliss-reactive ketones (excluding diaryl/α,β-unsaturated/α-hetero) is 2. The van der Waals surface area contributed by atoms with E-state index in [4.69, 9.17) is 4.74 Å². The minimum absolute atomic E-state index is 0.00497. The van der Waals surface area contributed by atoms with E-state index < -0.39 is 38.3 Å². The molecule has 3 rings (SSSR count). The third-order valence-corrected chi connectivity index (χ3v) is 9.01. The number of fused-ring (bicyclic) bond motifs is 1. The minimum atomic E-state index is -4.36. The molecule has 1 aliphatic carbocycles. The summed E-state index contributed by atoms with van der Waals surface area (Å²) in [6.45, 7) is 13.1. The maximum Gasteiger partial charge on any atom is 0.251 e. The number of carbonyl (C=O) groups excluding carboxylic acids is 2. The Morgan fingerprint density at radius 2 is 1.63 bits per heavy atom. The van der Waals surface area contributed by atoms with Crippen LogP contribution in [0.2, 0.25) is 0 Å². The fraction of sp³-hybridized carbons (Fsp3) is 0.630. The van der Waals surface area contributed by atoms with E-state index in [1.54, 1.807) is 36.1 Å². The highest BCUT2D eigenvalue weighted by atomic mass is 32.2. The first kappa shape index (κ1) is 27.6. The highest BCUT2D eigenvalue weighted by Gasteiger charge is 2.54. The molecule has 7 nitrogen and oxygen atoms in total. The first-order valence-corrected chi connectivity index (χ1v) is 14.3.